The van der Waals surface area contributed by atoms with Crippen LogP contribution < -0.4 is 9.47 Å². The van der Waals surface area contributed by atoms with Crippen molar-refractivity contribution in [2.24, 2.45) is 0 Å². The van der Waals surface area contributed by atoms with Crippen LogP contribution in [0.1, 0.15) is 19.4 Å². The van der Waals surface area contributed by atoms with Crippen molar-refractivity contribution in [2.75, 3.05) is 7.11 Å². The molecule has 0 saturated carbocycles. The second kappa shape index (κ2) is 6.93. The number of rotatable bonds is 5. The normalized spacial score (nSPS) is 11.2. The van der Waals surface area contributed by atoms with Gasteiger partial charge in [0.05, 0.1) is 21.5 Å². The van der Waals surface area contributed by atoms with E-state index in [1.54, 1.807) is 57.4 Å². The van der Waals surface area contributed by atoms with Crippen molar-refractivity contribution in [3.05, 3.63) is 50.9 Å². The van der Waals surface area contributed by atoms with E-state index in [0.29, 0.717) is 26.0 Å². The molecule has 6 heteroatoms. The predicted octanol–water partition coefficient (Wildman–Crippen LogP) is 5.37. The monoisotopic (exact) mass is 442 g/mol. The van der Waals surface area contributed by atoms with Crippen molar-refractivity contribution >= 4 is 37.8 Å². The first-order valence-corrected chi connectivity index (χ1v) is 8.39. The first-order chi connectivity index (χ1) is 10.8. The Morgan fingerprint density at radius 2 is 1.52 bits per heavy atom. The van der Waals surface area contributed by atoms with Gasteiger partial charge < -0.3 is 14.6 Å². The summed E-state index contributed by atoms with van der Waals surface area (Å²) in [6.07, 6.45) is 0. The number of halogens is 2. The van der Waals surface area contributed by atoms with Gasteiger partial charge in [0.2, 0.25) is 0 Å². The number of carbonyl (C=O) groups is 1. The molecule has 4 nitrogen and oxygen atoms in total. The highest BCUT2D eigenvalue weighted by Crippen LogP contribution is 2.40. The average Bonchev–Trinajstić information content (AvgIpc) is 2.51. The summed E-state index contributed by atoms with van der Waals surface area (Å²) >= 11 is 6.91. The standard InChI is InChI=1S/C17H16Br2O4/c1-17(2,16(20)21)10-8-13(18)15(14(19)9-10)23-12-6-4-11(22-3)5-7-12/h4-9H,1-3H3,(H,20,21). The Morgan fingerprint density at radius 1 is 1.04 bits per heavy atom. The van der Waals surface area contributed by atoms with Crippen LogP contribution in [0, 0.1) is 0 Å². The van der Waals surface area contributed by atoms with Gasteiger partial charge in [-0.05, 0) is 87.7 Å². The summed E-state index contributed by atoms with van der Waals surface area (Å²) in [5, 5.41) is 9.36. The first kappa shape index (κ1) is 17.8. The first-order valence-electron chi connectivity index (χ1n) is 6.80. The highest BCUT2D eigenvalue weighted by molar-refractivity contribution is 9.11. The number of ether oxygens (including phenoxy) is 2. The molecule has 0 aliphatic carbocycles. The van der Waals surface area contributed by atoms with Crippen molar-refractivity contribution in [2.45, 2.75) is 19.3 Å². The molecule has 0 heterocycles. The smallest absolute Gasteiger partial charge is 0.313 e. The van der Waals surface area contributed by atoms with Crippen LogP contribution in [0.2, 0.25) is 0 Å². The molecule has 0 aliphatic heterocycles. The van der Waals surface area contributed by atoms with E-state index in [4.69, 9.17) is 9.47 Å². The second-order valence-electron chi connectivity index (χ2n) is 5.48. The van der Waals surface area contributed by atoms with Crippen LogP contribution in [0.3, 0.4) is 0 Å². The molecule has 0 fully saturated rings. The highest BCUT2D eigenvalue weighted by atomic mass is 79.9. The Morgan fingerprint density at radius 3 is 1.96 bits per heavy atom. The third kappa shape index (κ3) is 3.87. The Kier molecular flexibility index (Phi) is 5.37. The van der Waals surface area contributed by atoms with Gasteiger partial charge in [0, 0.05) is 0 Å². The quantitative estimate of drug-likeness (QED) is 0.674. The van der Waals surface area contributed by atoms with Gasteiger partial charge in [0.15, 0.2) is 5.75 Å². The molecule has 0 aromatic heterocycles. The molecule has 0 unspecified atom stereocenters. The molecule has 23 heavy (non-hydrogen) atoms. The molecule has 0 radical (unpaired) electrons. The average molecular weight is 444 g/mol. The predicted molar refractivity (Wildman–Crippen MR) is 95.6 cm³/mol. The lowest BCUT2D eigenvalue weighted by molar-refractivity contribution is -0.142. The number of benzene rings is 2. The fraction of sp³-hybridized carbons (Fsp3) is 0.235. The molecule has 0 bridgehead atoms. The minimum atomic E-state index is -0.996. The number of hydrogen-bond acceptors (Lipinski definition) is 3. The Bertz CT molecular complexity index is 701. The number of methoxy groups -OCH3 is 1. The molecule has 2 rings (SSSR count). The maximum absolute atomic E-state index is 11.4. The Hall–Kier alpha value is -1.53. The molecular formula is C17H16Br2O4. The van der Waals surface area contributed by atoms with Crippen LogP contribution in [0.5, 0.6) is 17.2 Å². The Balaban J connectivity index is 2.35. The van der Waals surface area contributed by atoms with Crippen LogP contribution in [-0.4, -0.2) is 18.2 Å². The maximum Gasteiger partial charge on any atom is 0.313 e. The van der Waals surface area contributed by atoms with Crippen molar-refractivity contribution in [3.63, 3.8) is 0 Å². The fourth-order valence-corrected chi connectivity index (χ4v) is 3.25. The summed E-state index contributed by atoms with van der Waals surface area (Å²) in [5.41, 5.74) is -0.324. The molecule has 122 valence electrons. The van der Waals surface area contributed by atoms with Gasteiger partial charge in [-0.2, -0.15) is 0 Å². The zero-order chi connectivity index (χ0) is 17.2. The van der Waals surface area contributed by atoms with Crippen molar-refractivity contribution < 1.29 is 19.4 Å². The van der Waals surface area contributed by atoms with E-state index >= 15 is 0 Å². The van der Waals surface area contributed by atoms with Gasteiger partial charge in [-0.25, -0.2) is 0 Å². The fourth-order valence-electron chi connectivity index (χ4n) is 1.90. The van der Waals surface area contributed by atoms with Crippen LogP contribution in [0.4, 0.5) is 0 Å². The van der Waals surface area contributed by atoms with Crippen LogP contribution in [0.25, 0.3) is 0 Å². The number of carboxylic acid groups (broad SMARTS) is 1. The van der Waals surface area contributed by atoms with Gasteiger partial charge in [-0.15, -0.1) is 0 Å². The van der Waals surface area contributed by atoms with E-state index in [2.05, 4.69) is 31.9 Å². The second-order valence-corrected chi connectivity index (χ2v) is 7.19. The SMILES string of the molecule is COc1ccc(Oc2c(Br)cc(C(C)(C)C(=O)O)cc2Br)cc1. The van der Waals surface area contributed by atoms with Crippen molar-refractivity contribution in [1.29, 1.82) is 0 Å². The van der Waals surface area contributed by atoms with Gasteiger partial charge in [-0.3, -0.25) is 4.79 Å². The van der Waals surface area contributed by atoms with E-state index < -0.39 is 11.4 Å². The zero-order valence-corrected chi connectivity index (χ0v) is 16.1. The summed E-state index contributed by atoms with van der Waals surface area (Å²) < 4.78 is 12.3. The van der Waals surface area contributed by atoms with Crippen LogP contribution >= 0.6 is 31.9 Å². The minimum absolute atomic E-state index is 0.583. The van der Waals surface area contributed by atoms with Gasteiger partial charge in [0.25, 0.3) is 0 Å². The largest absolute Gasteiger partial charge is 0.497 e. The van der Waals surface area contributed by atoms with E-state index in [1.165, 1.54) is 0 Å². The molecular weight excluding hydrogens is 428 g/mol. The Labute approximate surface area is 151 Å². The zero-order valence-electron chi connectivity index (χ0n) is 12.9. The lowest BCUT2D eigenvalue weighted by atomic mass is 9.85. The third-order valence-corrected chi connectivity index (χ3v) is 4.71. The number of hydrogen-bond donors (Lipinski definition) is 1. The molecule has 0 atom stereocenters. The number of aliphatic carboxylic acids is 1. The maximum atomic E-state index is 11.4. The van der Waals surface area contributed by atoms with Gasteiger partial charge >= 0.3 is 5.97 Å². The van der Waals surface area contributed by atoms with Gasteiger partial charge in [0.1, 0.15) is 11.5 Å². The molecule has 1 N–H and O–H groups in total. The van der Waals surface area contributed by atoms with Crippen LogP contribution in [0.15, 0.2) is 45.3 Å². The van der Waals surface area contributed by atoms with E-state index in [9.17, 15) is 9.90 Å². The lowest BCUT2D eigenvalue weighted by Crippen LogP contribution is -2.28. The molecule has 0 aliphatic rings. The van der Waals surface area contributed by atoms with E-state index in [1.807, 2.05) is 0 Å². The summed E-state index contributed by atoms with van der Waals surface area (Å²) in [6.45, 7) is 3.32. The topological polar surface area (TPSA) is 55.8 Å². The third-order valence-electron chi connectivity index (χ3n) is 3.53. The molecule has 0 amide bonds. The number of carboxylic acids is 1. The van der Waals surface area contributed by atoms with Gasteiger partial charge in [-0.1, -0.05) is 0 Å². The summed E-state index contributed by atoms with van der Waals surface area (Å²) in [6, 6.07) is 10.7. The lowest BCUT2D eigenvalue weighted by Gasteiger charge is -2.21. The van der Waals surface area contributed by atoms with Crippen molar-refractivity contribution in [3.8, 4) is 17.2 Å². The highest BCUT2D eigenvalue weighted by Gasteiger charge is 2.30. The molecule has 2 aromatic rings. The molecule has 0 saturated heterocycles. The minimum Gasteiger partial charge on any atom is -0.497 e. The van der Waals surface area contributed by atoms with E-state index in [0.717, 1.165) is 5.75 Å². The summed E-state index contributed by atoms with van der Waals surface area (Å²) in [7, 11) is 1.60. The van der Waals surface area contributed by atoms with Crippen LogP contribution in [-0.2, 0) is 10.2 Å². The summed E-state index contributed by atoms with van der Waals surface area (Å²) in [4.78, 5) is 11.4. The summed E-state index contributed by atoms with van der Waals surface area (Å²) in [5.74, 6) is 1.09. The molecule has 0 spiro atoms. The molecule has 2 aromatic carbocycles. The van der Waals surface area contributed by atoms with Crippen molar-refractivity contribution in [1.82, 2.24) is 0 Å². The van der Waals surface area contributed by atoms with E-state index in [-0.39, 0.29) is 0 Å².